The SMILES string of the molecule is CC(=O)O[C@@H]1[C@@H](O)[C@H](O[C@H]2[C@@H](O)[C@@H](C)O[C@@H](O[C@H]3CC[C@@]4(C)[C@@H](CC[C@]5(C)[C@@H]4C=CC46OCC7(CCC(C)(C)C[C@H]74)[C@@H](O)C[C@]65C)[C@]3(C)CO)[C@@H]2O)O[C@H](CO)[C@H]1O. The van der Waals surface area contributed by atoms with Crippen LogP contribution in [0.15, 0.2) is 12.2 Å². The lowest BCUT2D eigenvalue weighted by atomic mass is 9.32. The van der Waals surface area contributed by atoms with E-state index in [0.29, 0.717) is 19.4 Å². The lowest BCUT2D eigenvalue weighted by Gasteiger charge is -2.73. The normalized spacial score (nSPS) is 57.1. The standard InChI is InChI=1S/C44H70O14/c1-22-30(49)34(58-37-33(52)35(55-23(2)47)31(50)24(19-45)56-37)32(51)36(54-22)57-29-11-12-39(5)25(40(29,6)20-46)9-13-41(7)26(39)10-14-44-27-17-38(3,4)15-16-43(27,21-53-44)28(48)18-42(41,44)8/h10,14,22,24-37,45-46,48-52H,9,11-13,15-21H2,1-8H3/t22-,24-,25-,26-,27-,28+,29+,30+,31-,32-,33-,34+,35+,36+,37+,39+,40+,41-,42+,43?,44?/m1/s1. The first-order valence-corrected chi connectivity index (χ1v) is 21.8. The maximum absolute atomic E-state index is 12.2. The molecule has 8 rings (SSSR count). The first-order valence-electron chi connectivity index (χ1n) is 21.8. The zero-order valence-electron chi connectivity index (χ0n) is 35.6. The van der Waals surface area contributed by atoms with Crippen LogP contribution < -0.4 is 0 Å². The largest absolute Gasteiger partial charge is 0.457 e. The second kappa shape index (κ2) is 14.4. The van der Waals surface area contributed by atoms with Crippen LogP contribution in [0.4, 0.5) is 0 Å². The number of ether oxygens (including phenoxy) is 6. The van der Waals surface area contributed by atoms with Crippen LogP contribution >= 0.6 is 0 Å². The maximum Gasteiger partial charge on any atom is 0.303 e. The summed E-state index contributed by atoms with van der Waals surface area (Å²) in [7, 11) is 0. The van der Waals surface area contributed by atoms with Crippen LogP contribution in [0.5, 0.6) is 0 Å². The van der Waals surface area contributed by atoms with Crippen LogP contribution in [0.25, 0.3) is 0 Å². The molecule has 0 radical (unpaired) electrons. The Bertz CT molecular complexity index is 1610. The smallest absolute Gasteiger partial charge is 0.303 e. The number of aliphatic hydroxyl groups is 7. The third-order valence-corrected chi connectivity index (χ3v) is 18.2. The molecule has 7 N–H and O–H groups in total. The van der Waals surface area contributed by atoms with Gasteiger partial charge >= 0.3 is 5.97 Å². The minimum atomic E-state index is -1.72. The molecule has 1 spiro atoms. The number of fused-ring (bicyclic) bond motifs is 4. The first kappa shape index (κ1) is 43.4. The summed E-state index contributed by atoms with van der Waals surface area (Å²) in [4.78, 5) is 11.8. The van der Waals surface area contributed by atoms with E-state index in [-0.39, 0.29) is 51.4 Å². The van der Waals surface area contributed by atoms with Crippen molar-refractivity contribution in [1.29, 1.82) is 0 Å². The van der Waals surface area contributed by atoms with E-state index in [2.05, 4.69) is 53.7 Å². The third-order valence-electron chi connectivity index (χ3n) is 18.2. The van der Waals surface area contributed by atoms with Crippen molar-refractivity contribution in [3.63, 3.8) is 0 Å². The van der Waals surface area contributed by atoms with Gasteiger partial charge in [0, 0.05) is 29.1 Å². The Hall–Kier alpha value is -1.27. The van der Waals surface area contributed by atoms with Crippen molar-refractivity contribution in [3.8, 4) is 0 Å². The number of aliphatic hydroxyl groups excluding tert-OH is 7. The van der Waals surface area contributed by atoms with E-state index in [4.69, 9.17) is 28.4 Å². The molecule has 21 atom stereocenters. The van der Waals surface area contributed by atoms with Gasteiger partial charge in [-0.15, -0.1) is 0 Å². The van der Waals surface area contributed by atoms with Crippen LogP contribution in [0.1, 0.15) is 107 Å². The van der Waals surface area contributed by atoms with E-state index in [9.17, 15) is 40.5 Å². The number of carbonyl (C=O) groups is 1. The summed E-state index contributed by atoms with van der Waals surface area (Å²) < 4.78 is 36.6. The average molecular weight is 823 g/mol. The Kier molecular flexibility index (Phi) is 10.8. The minimum absolute atomic E-state index is 0.0245. The van der Waals surface area contributed by atoms with Gasteiger partial charge in [0.05, 0.1) is 43.7 Å². The van der Waals surface area contributed by atoms with Gasteiger partial charge in [-0.25, -0.2) is 0 Å². The van der Waals surface area contributed by atoms with Gasteiger partial charge in [-0.05, 0) is 86.4 Å². The topological polar surface area (TPSA) is 214 Å². The summed E-state index contributed by atoms with van der Waals surface area (Å²) >= 11 is 0. The van der Waals surface area contributed by atoms with Gasteiger partial charge in [-0.1, -0.05) is 53.7 Å². The van der Waals surface area contributed by atoms with Gasteiger partial charge in [0.2, 0.25) is 0 Å². The van der Waals surface area contributed by atoms with Gasteiger partial charge in [0.25, 0.3) is 0 Å². The van der Waals surface area contributed by atoms with Crippen molar-refractivity contribution in [2.75, 3.05) is 19.8 Å². The number of hydrogen-bond acceptors (Lipinski definition) is 14. The molecule has 0 aromatic rings. The summed E-state index contributed by atoms with van der Waals surface area (Å²) in [6, 6.07) is 0. The molecule has 2 unspecified atom stereocenters. The molecular formula is C44H70O14. The average Bonchev–Trinajstić information content (AvgIpc) is 3.44. The molecule has 3 heterocycles. The van der Waals surface area contributed by atoms with Crippen molar-refractivity contribution in [2.24, 2.45) is 50.2 Å². The Labute approximate surface area is 342 Å². The molecule has 0 aromatic heterocycles. The molecule has 2 bridgehead atoms. The number of hydrogen-bond donors (Lipinski definition) is 7. The van der Waals surface area contributed by atoms with Crippen LogP contribution in [-0.4, -0.2) is 141 Å². The second-order valence-corrected chi connectivity index (χ2v) is 21.5. The van der Waals surface area contributed by atoms with Crippen molar-refractivity contribution in [2.45, 2.75) is 186 Å². The molecule has 3 aliphatic heterocycles. The van der Waals surface area contributed by atoms with Crippen molar-refractivity contribution in [1.82, 2.24) is 0 Å². The fraction of sp³-hybridized carbons (Fsp3) is 0.932. The lowest BCUT2D eigenvalue weighted by molar-refractivity contribution is -0.367. The number of esters is 1. The number of rotatable bonds is 7. The molecular weight excluding hydrogens is 752 g/mol. The molecule has 3 saturated heterocycles. The zero-order chi connectivity index (χ0) is 42.2. The molecule has 4 saturated carbocycles. The van der Waals surface area contributed by atoms with Gasteiger partial charge < -0.3 is 64.2 Å². The molecule has 14 heteroatoms. The van der Waals surface area contributed by atoms with Gasteiger partial charge in [0.15, 0.2) is 18.7 Å². The predicted molar refractivity (Wildman–Crippen MR) is 206 cm³/mol. The van der Waals surface area contributed by atoms with E-state index in [1.165, 1.54) is 0 Å². The molecule has 5 aliphatic carbocycles. The highest BCUT2D eigenvalue weighted by Crippen LogP contribution is 2.79. The molecule has 58 heavy (non-hydrogen) atoms. The fourth-order valence-electron chi connectivity index (χ4n) is 14.6. The van der Waals surface area contributed by atoms with E-state index in [0.717, 1.165) is 45.4 Å². The number of allylic oxidation sites excluding steroid dienone is 1. The molecule has 330 valence electrons. The summed E-state index contributed by atoms with van der Waals surface area (Å²) in [6.45, 7) is 16.4. The lowest BCUT2D eigenvalue weighted by Crippen LogP contribution is -2.72. The van der Waals surface area contributed by atoms with Crippen LogP contribution in [0.3, 0.4) is 0 Å². The van der Waals surface area contributed by atoms with Crippen molar-refractivity contribution in [3.05, 3.63) is 12.2 Å². The third kappa shape index (κ3) is 5.89. The Balaban J connectivity index is 1.04. The monoisotopic (exact) mass is 822 g/mol. The molecule has 0 amide bonds. The Morgan fingerprint density at radius 3 is 2.16 bits per heavy atom. The van der Waals surface area contributed by atoms with E-state index in [1.807, 2.05) is 0 Å². The summed E-state index contributed by atoms with van der Waals surface area (Å²) in [5.74, 6) is -0.369. The predicted octanol–water partition coefficient (Wildman–Crippen LogP) is 2.35. The highest BCUT2D eigenvalue weighted by atomic mass is 16.7. The van der Waals surface area contributed by atoms with Crippen LogP contribution in [0, 0.1) is 50.2 Å². The molecule has 7 fully saturated rings. The second-order valence-electron chi connectivity index (χ2n) is 21.5. The fourth-order valence-corrected chi connectivity index (χ4v) is 14.6. The summed E-state index contributed by atoms with van der Waals surface area (Å²) in [5, 5.41) is 77.9. The highest BCUT2D eigenvalue weighted by Gasteiger charge is 2.79. The van der Waals surface area contributed by atoms with E-state index >= 15 is 0 Å². The summed E-state index contributed by atoms with van der Waals surface area (Å²) in [6.07, 6.45) is -3.53. The highest BCUT2D eigenvalue weighted by molar-refractivity contribution is 5.66. The molecule has 8 aliphatic rings. The van der Waals surface area contributed by atoms with Crippen LogP contribution in [0.2, 0.25) is 0 Å². The van der Waals surface area contributed by atoms with Crippen molar-refractivity contribution >= 4 is 5.97 Å². The van der Waals surface area contributed by atoms with E-state index < -0.39 is 97.2 Å². The Morgan fingerprint density at radius 1 is 0.793 bits per heavy atom. The van der Waals surface area contributed by atoms with Gasteiger partial charge in [0.1, 0.15) is 36.6 Å². The molecule has 14 nitrogen and oxygen atoms in total. The Morgan fingerprint density at radius 2 is 1.48 bits per heavy atom. The first-order chi connectivity index (χ1) is 27.1. The van der Waals surface area contributed by atoms with Gasteiger partial charge in [-0.2, -0.15) is 0 Å². The zero-order valence-corrected chi connectivity index (χ0v) is 35.6. The quantitative estimate of drug-likeness (QED) is 0.112. The van der Waals surface area contributed by atoms with Crippen molar-refractivity contribution < 1.29 is 69.0 Å². The number of carbonyl (C=O) groups excluding carboxylic acids is 1. The summed E-state index contributed by atoms with van der Waals surface area (Å²) in [5.41, 5.74) is -1.99. The minimum Gasteiger partial charge on any atom is -0.457 e. The van der Waals surface area contributed by atoms with Gasteiger partial charge in [-0.3, -0.25) is 4.79 Å². The maximum atomic E-state index is 12.2. The molecule has 0 aromatic carbocycles. The van der Waals surface area contributed by atoms with E-state index in [1.54, 1.807) is 6.92 Å². The van der Waals surface area contributed by atoms with Crippen LogP contribution in [-0.2, 0) is 33.2 Å².